The second-order valence-corrected chi connectivity index (χ2v) is 3.84. The lowest BCUT2D eigenvalue weighted by Crippen LogP contribution is -2.43. The first-order valence-corrected chi connectivity index (χ1v) is 5.43. The lowest BCUT2D eigenvalue weighted by molar-refractivity contribution is -0.118. The van der Waals surface area contributed by atoms with Crippen LogP contribution < -0.4 is 16.8 Å². The van der Waals surface area contributed by atoms with Gasteiger partial charge in [-0.25, -0.2) is 0 Å². The van der Waals surface area contributed by atoms with Crippen LogP contribution >= 0.6 is 34.0 Å². The second kappa shape index (κ2) is 12.5. The van der Waals surface area contributed by atoms with Gasteiger partial charge >= 0.3 is 0 Å². The highest BCUT2D eigenvalue weighted by molar-refractivity contribution is 8.93. The Kier molecular flexibility index (Phi) is 16.4. The minimum absolute atomic E-state index is 0. The second-order valence-electron chi connectivity index (χ2n) is 3.84. The number of rotatable bonds is 7. The van der Waals surface area contributed by atoms with Gasteiger partial charge in [0.2, 0.25) is 5.91 Å². The Morgan fingerprint density at radius 1 is 1.35 bits per heavy atom. The summed E-state index contributed by atoms with van der Waals surface area (Å²) in [6.45, 7) is 8.48. The molecule has 0 heterocycles. The van der Waals surface area contributed by atoms with Crippen LogP contribution in [0.15, 0.2) is 12.2 Å². The van der Waals surface area contributed by atoms with Crippen molar-refractivity contribution in [2.24, 2.45) is 17.4 Å². The molecule has 0 radical (unpaired) electrons. The topological polar surface area (TPSA) is 81.1 Å². The molecule has 0 aliphatic heterocycles. The van der Waals surface area contributed by atoms with Gasteiger partial charge in [0.25, 0.3) is 0 Å². The fraction of sp³-hybridized carbons (Fsp3) is 0.727. The lowest BCUT2D eigenvalue weighted by Gasteiger charge is -2.25. The number of nitrogens with two attached hydrogens (primary N) is 2. The maximum Gasteiger partial charge on any atom is 0.246 e. The van der Waals surface area contributed by atoms with Crippen LogP contribution in [-0.4, -0.2) is 25.0 Å². The Hall–Kier alpha value is 0.0900. The van der Waals surface area contributed by atoms with Crippen LogP contribution in [0.3, 0.4) is 0 Å². The van der Waals surface area contributed by atoms with E-state index in [-0.39, 0.29) is 51.8 Å². The largest absolute Gasteiger partial charge is 0.349 e. The highest BCUT2D eigenvalue weighted by atomic mass is 79.9. The Morgan fingerprint density at radius 2 is 1.88 bits per heavy atom. The van der Waals surface area contributed by atoms with Crippen molar-refractivity contribution >= 4 is 39.9 Å². The van der Waals surface area contributed by atoms with Crippen LogP contribution in [0.25, 0.3) is 0 Å². The van der Waals surface area contributed by atoms with Gasteiger partial charge in [0.1, 0.15) is 0 Å². The first kappa shape index (κ1) is 22.3. The molecule has 6 heteroatoms. The third kappa shape index (κ3) is 8.77. The highest BCUT2D eigenvalue weighted by Gasteiger charge is 2.19. The van der Waals surface area contributed by atoms with Crippen molar-refractivity contribution < 1.29 is 4.79 Å². The summed E-state index contributed by atoms with van der Waals surface area (Å²) in [5.41, 5.74) is 11.7. The fourth-order valence-corrected chi connectivity index (χ4v) is 1.54. The van der Waals surface area contributed by atoms with Crippen LogP contribution in [0.5, 0.6) is 0 Å². The predicted octanol–water partition coefficient (Wildman–Crippen LogP) is 1.54. The van der Waals surface area contributed by atoms with E-state index in [0.717, 1.165) is 12.8 Å². The van der Waals surface area contributed by atoms with E-state index in [1.165, 1.54) is 0 Å². The van der Waals surface area contributed by atoms with Crippen molar-refractivity contribution in [3.8, 4) is 0 Å². The summed E-state index contributed by atoms with van der Waals surface area (Å²) < 4.78 is 0. The molecule has 0 aromatic carbocycles. The third-order valence-corrected chi connectivity index (χ3v) is 2.55. The van der Waals surface area contributed by atoms with Crippen LogP contribution in [0, 0.1) is 5.92 Å². The molecule has 5 N–H and O–H groups in total. The minimum atomic E-state index is -0.0997. The molecule has 1 amide bonds. The fourth-order valence-electron chi connectivity index (χ4n) is 1.54. The number of carbonyl (C=O) groups is 1. The van der Waals surface area contributed by atoms with Gasteiger partial charge in [-0.1, -0.05) is 13.5 Å². The zero-order valence-corrected chi connectivity index (χ0v) is 14.0. The smallest absolute Gasteiger partial charge is 0.246 e. The number of hydrogen-bond donors (Lipinski definition) is 3. The molecule has 0 spiro atoms. The predicted molar refractivity (Wildman–Crippen MR) is 83.9 cm³/mol. The molecular formula is C11H25Br2N3O. The Balaban J connectivity index is -0.000000980. The van der Waals surface area contributed by atoms with E-state index in [1.807, 2.05) is 6.92 Å². The molecule has 0 rings (SSSR count). The van der Waals surface area contributed by atoms with Gasteiger partial charge in [0.15, 0.2) is 0 Å². The standard InChI is InChI=1S/C11H23N3O.2BrH/c1-4-10(9(7-13)5-6-12)14-11(15)8(2)3;;/h9-10H,2,4-7,12-13H2,1,3H3,(H,14,15);2*1H. The van der Waals surface area contributed by atoms with Gasteiger partial charge in [0, 0.05) is 11.6 Å². The minimum Gasteiger partial charge on any atom is -0.349 e. The maximum atomic E-state index is 11.5. The van der Waals surface area contributed by atoms with Crippen LogP contribution in [0.2, 0.25) is 0 Å². The monoisotopic (exact) mass is 373 g/mol. The van der Waals surface area contributed by atoms with E-state index in [2.05, 4.69) is 11.9 Å². The van der Waals surface area contributed by atoms with Gasteiger partial charge in [-0.15, -0.1) is 34.0 Å². The van der Waals surface area contributed by atoms with Crippen LogP contribution in [-0.2, 0) is 4.79 Å². The molecule has 4 nitrogen and oxygen atoms in total. The van der Waals surface area contributed by atoms with E-state index in [4.69, 9.17) is 11.5 Å². The normalized spacial score (nSPS) is 12.7. The Bertz CT molecular complexity index is 225. The third-order valence-electron chi connectivity index (χ3n) is 2.55. The van der Waals surface area contributed by atoms with E-state index in [9.17, 15) is 4.79 Å². The van der Waals surface area contributed by atoms with E-state index in [1.54, 1.807) is 6.92 Å². The average Bonchev–Trinajstić information content (AvgIpc) is 2.22. The Morgan fingerprint density at radius 3 is 2.18 bits per heavy atom. The molecule has 0 aliphatic carbocycles. The zero-order chi connectivity index (χ0) is 11.8. The molecule has 0 aliphatic rings. The maximum absolute atomic E-state index is 11.5. The summed E-state index contributed by atoms with van der Waals surface area (Å²) in [7, 11) is 0. The van der Waals surface area contributed by atoms with E-state index in [0.29, 0.717) is 18.7 Å². The van der Waals surface area contributed by atoms with Crippen molar-refractivity contribution in [1.82, 2.24) is 5.32 Å². The van der Waals surface area contributed by atoms with Gasteiger partial charge in [-0.05, 0) is 38.8 Å². The number of amides is 1. The van der Waals surface area contributed by atoms with Gasteiger partial charge in [-0.2, -0.15) is 0 Å². The molecule has 0 aromatic heterocycles. The SMILES string of the molecule is Br.Br.C=C(C)C(=O)NC(CC)C(CN)CCN. The average molecular weight is 375 g/mol. The van der Waals surface area contributed by atoms with Gasteiger partial charge in [0.05, 0.1) is 0 Å². The summed E-state index contributed by atoms with van der Waals surface area (Å²) in [5, 5.41) is 2.93. The number of carbonyl (C=O) groups excluding carboxylic acids is 1. The first-order chi connectivity index (χ1) is 7.06. The van der Waals surface area contributed by atoms with Crippen molar-refractivity contribution in [2.45, 2.75) is 32.7 Å². The van der Waals surface area contributed by atoms with Crippen LogP contribution in [0.1, 0.15) is 26.7 Å². The summed E-state index contributed by atoms with van der Waals surface area (Å²) >= 11 is 0. The molecule has 2 atom stereocenters. The first-order valence-electron chi connectivity index (χ1n) is 5.43. The summed E-state index contributed by atoms with van der Waals surface area (Å²) in [6.07, 6.45) is 1.70. The van der Waals surface area contributed by atoms with Gasteiger partial charge < -0.3 is 16.8 Å². The van der Waals surface area contributed by atoms with Gasteiger partial charge in [-0.3, -0.25) is 4.79 Å². The molecule has 17 heavy (non-hydrogen) atoms. The number of nitrogens with one attached hydrogen (secondary N) is 1. The highest BCUT2D eigenvalue weighted by Crippen LogP contribution is 2.10. The Labute approximate surface area is 125 Å². The molecular weight excluding hydrogens is 350 g/mol. The lowest BCUT2D eigenvalue weighted by atomic mass is 9.94. The zero-order valence-electron chi connectivity index (χ0n) is 10.6. The molecule has 104 valence electrons. The number of hydrogen-bond acceptors (Lipinski definition) is 3. The molecule has 0 bridgehead atoms. The molecule has 2 unspecified atom stereocenters. The molecule has 0 aromatic rings. The van der Waals surface area contributed by atoms with Crippen LogP contribution in [0.4, 0.5) is 0 Å². The van der Waals surface area contributed by atoms with E-state index < -0.39 is 0 Å². The van der Waals surface area contributed by atoms with Crippen molar-refractivity contribution in [1.29, 1.82) is 0 Å². The summed E-state index contributed by atoms with van der Waals surface area (Å²) in [4.78, 5) is 11.5. The molecule has 0 fully saturated rings. The summed E-state index contributed by atoms with van der Waals surface area (Å²) in [6, 6.07) is 0.0998. The van der Waals surface area contributed by atoms with Crippen molar-refractivity contribution in [3.05, 3.63) is 12.2 Å². The summed E-state index contributed by atoms with van der Waals surface area (Å²) in [5.74, 6) is 0.153. The number of halogens is 2. The molecule has 0 saturated carbocycles. The quantitative estimate of drug-likeness (QED) is 0.591. The van der Waals surface area contributed by atoms with Crippen molar-refractivity contribution in [2.75, 3.05) is 13.1 Å². The molecule has 0 saturated heterocycles. The van der Waals surface area contributed by atoms with Crippen molar-refractivity contribution in [3.63, 3.8) is 0 Å². The van der Waals surface area contributed by atoms with E-state index >= 15 is 0 Å².